The van der Waals surface area contributed by atoms with Crippen LogP contribution in [0.3, 0.4) is 0 Å². The molecular weight excluding hydrogens is 238 g/mol. The molecule has 2 rings (SSSR count). The zero-order chi connectivity index (χ0) is 12.4. The molecule has 1 aliphatic carbocycles. The van der Waals surface area contributed by atoms with Gasteiger partial charge in [0.25, 0.3) is 0 Å². The minimum Gasteiger partial charge on any atom is -0.486 e. The molecule has 0 heterocycles. The zero-order valence-corrected chi connectivity index (χ0v) is 10.9. The minimum absolute atomic E-state index is 0.0163. The van der Waals surface area contributed by atoms with Crippen LogP contribution in [0.25, 0.3) is 0 Å². The lowest BCUT2D eigenvalue weighted by molar-refractivity contribution is -0.0945. The first-order valence-electron chi connectivity index (χ1n) is 5.91. The minimum atomic E-state index is -0.0163. The van der Waals surface area contributed by atoms with Gasteiger partial charge in [-0.3, -0.25) is 0 Å². The molecule has 1 aromatic carbocycles. The Labute approximate surface area is 107 Å². The molecule has 17 heavy (non-hydrogen) atoms. The highest BCUT2D eigenvalue weighted by Gasteiger charge is 2.41. The summed E-state index contributed by atoms with van der Waals surface area (Å²) < 4.78 is 11.4. The molecule has 1 saturated carbocycles. The molecule has 3 unspecified atom stereocenters. The van der Waals surface area contributed by atoms with Crippen molar-refractivity contribution < 1.29 is 9.47 Å². The van der Waals surface area contributed by atoms with E-state index in [1.807, 2.05) is 32.0 Å². The van der Waals surface area contributed by atoms with E-state index in [0.717, 1.165) is 12.0 Å². The fraction of sp³-hybridized carbons (Fsp3) is 0.538. The van der Waals surface area contributed by atoms with Gasteiger partial charge in [-0.05, 0) is 31.5 Å². The van der Waals surface area contributed by atoms with Gasteiger partial charge in [-0.25, -0.2) is 0 Å². The highest BCUT2D eigenvalue weighted by atomic mass is 35.5. The van der Waals surface area contributed by atoms with E-state index < -0.39 is 0 Å². The summed E-state index contributed by atoms with van der Waals surface area (Å²) in [6.07, 6.45) is 0.817. The highest BCUT2D eigenvalue weighted by molar-refractivity contribution is 6.32. The molecule has 0 spiro atoms. The van der Waals surface area contributed by atoms with Crippen molar-refractivity contribution >= 4 is 11.6 Å². The van der Waals surface area contributed by atoms with Crippen molar-refractivity contribution in [3.8, 4) is 5.75 Å². The van der Waals surface area contributed by atoms with Crippen molar-refractivity contribution in [1.82, 2.24) is 0 Å². The molecule has 1 aliphatic rings. The van der Waals surface area contributed by atoms with E-state index in [9.17, 15) is 0 Å². The molecule has 4 heteroatoms. The SMILES string of the molecule is CCOC1C(N)CC1Oc1ccc(C)cc1Cl. The summed E-state index contributed by atoms with van der Waals surface area (Å²) in [7, 11) is 0. The molecule has 1 fully saturated rings. The Morgan fingerprint density at radius 3 is 2.82 bits per heavy atom. The second-order valence-corrected chi connectivity index (χ2v) is 4.82. The third-order valence-electron chi connectivity index (χ3n) is 3.02. The lowest BCUT2D eigenvalue weighted by Gasteiger charge is -2.41. The van der Waals surface area contributed by atoms with Crippen LogP contribution in [0.4, 0.5) is 0 Å². The van der Waals surface area contributed by atoms with Gasteiger partial charge in [0.2, 0.25) is 0 Å². The quantitative estimate of drug-likeness (QED) is 0.899. The topological polar surface area (TPSA) is 44.5 Å². The molecule has 3 nitrogen and oxygen atoms in total. The number of aryl methyl sites for hydroxylation is 1. The molecule has 1 aromatic rings. The summed E-state index contributed by atoms with van der Waals surface area (Å²) in [5.41, 5.74) is 7.00. The van der Waals surface area contributed by atoms with Crippen LogP contribution >= 0.6 is 11.6 Å². The van der Waals surface area contributed by atoms with Crippen LogP contribution in [0, 0.1) is 6.92 Å². The molecule has 0 amide bonds. The molecule has 94 valence electrons. The molecule has 0 aromatic heterocycles. The summed E-state index contributed by atoms with van der Waals surface area (Å²) in [5.74, 6) is 0.707. The van der Waals surface area contributed by atoms with Gasteiger partial charge < -0.3 is 15.2 Å². The Morgan fingerprint density at radius 2 is 2.24 bits per heavy atom. The van der Waals surface area contributed by atoms with Gasteiger partial charge in [0.1, 0.15) is 18.0 Å². The van der Waals surface area contributed by atoms with Crippen molar-refractivity contribution in [1.29, 1.82) is 0 Å². The van der Waals surface area contributed by atoms with Crippen LogP contribution in [0.5, 0.6) is 5.75 Å². The molecule has 3 atom stereocenters. The predicted molar refractivity (Wildman–Crippen MR) is 68.6 cm³/mol. The zero-order valence-electron chi connectivity index (χ0n) is 10.2. The average molecular weight is 256 g/mol. The molecule has 0 radical (unpaired) electrons. The maximum absolute atomic E-state index is 6.12. The molecule has 2 N–H and O–H groups in total. The summed E-state index contributed by atoms with van der Waals surface area (Å²) in [5, 5.41) is 0.640. The van der Waals surface area contributed by atoms with Crippen LogP contribution in [-0.4, -0.2) is 24.9 Å². The van der Waals surface area contributed by atoms with Crippen LogP contribution in [0.15, 0.2) is 18.2 Å². The number of benzene rings is 1. The van der Waals surface area contributed by atoms with E-state index in [1.54, 1.807) is 0 Å². The van der Waals surface area contributed by atoms with Crippen LogP contribution in [0.1, 0.15) is 18.9 Å². The summed E-state index contributed by atoms with van der Waals surface area (Å²) in [4.78, 5) is 0. The second-order valence-electron chi connectivity index (χ2n) is 4.41. The van der Waals surface area contributed by atoms with E-state index in [2.05, 4.69) is 0 Å². The maximum Gasteiger partial charge on any atom is 0.138 e. The monoisotopic (exact) mass is 255 g/mol. The van der Waals surface area contributed by atoms with E-state index in [-0.39, 0.29) is 18.2 Å². The summed E-state index contributed by atoms with van der Waals surface area (Å²) in [6.45, 7) is 4.61. The van der Waals surface area contributed by atoms with Crippen LogP contribution in [0.2, 0.25) is 5.02 Å². The van der Waals surface area contributed by atoms with Gasteiger partial charge in [0.15, 0.2) is 0 Å². The number of halogens is 1. The van der Waals surface area contributed by atoms with Crippen molar-refractivity contribution in [2.24, 2.45) is 5.73 Å². The molecule has 0 aliphatic heterocycles. The number of nitrogens with two attached hydrogens (primary N) is 1. The Morgan fingerprint density at radius 1 is 1.47 bits per heavy atom. The van der Waals surface area contributed by atoms with Crippen molar-refractivity contribution in [3.63, 3.8) is 0 Å². The lowest BCUT2D eigenvalue weighted by Crippen LogP contribution is -2.59. The van der Waals surface area contributed by atoms with Gasteiger partial charge in [0.05, 0.1) is 5.02 Å². The van der Waals surface area contributed by atoms with Gasteiger partial charge in [0, 0.05) is 19.1 Å². The Hall–Kier alpha value is -0.770. The van der Waals surface area contributed by atoms with Gasteiger partial charge >= 0.3 is 0 Å². The number of ether oxygens (including phenoxy) is 2. The summed E-state index contributed by atoms with van der Waals surface area (Å²) in [6, 6.07) is 5.84. The lowest BCUT2D eigenvalue weighted by atomic mass is 9.86. The van der Waals surface area contributed by atoms with Crippen molar-refractivity contribution in [2.75, 3.05) is 6.61 Å². The van der Waals surface area contributed by atoms with Gasteiger partial charge in [-0.2, -0.15) is 0 Å². The maximum atomic E-state index is 6.12. The Balaban J connectivity index is 2.01. The predicted octanol–water partition coefficient (Wildman–Crippen LogP) is 2.53. The fourth-order valence-electron chi connectivity index (χ4n) is 2.02. The largest absolute Gasteiger partial charge is 0.486 e. The van der Waals surface area contributed by atoms with Gasteiger partial charge in [-0.15, -0.1) is 0 Å². The number of rotatable bonds is 4. The molecule has 0 saturated heterocycles. The van der Waals surface area contributed by atoms with Gasteiger partial charge in [-0.1, -0.05) is 17.7 Å². The second kappa shape index (κ2) is 5.25. The van der Waals surface area contributed by atoms with Crippen LogP contribution < -0.4 is 10.5 Å². The third-order valence-corrected chi connectivity index (χ3v) is 3.31. The van der Waals surface area contributed by atoms with E-state index in [4.69, 9.17) is 26.8 Å². The number of hydrogen-bond donors (Lipinski definition) is 1. The first-order chi connectivity index (χ1) is 8.11. The smallest absolute Gasteiger partial charge is 0.138 e. The van der Waals surface area contributed by atoms with Crippen molar-refractivity contribution in [2.45, 2.75) is 38.5 Å². The summed E-state index contributed by atoms with van der Waals surface area (Å²) >= 11 is 6.12. The fourth-order valence-corrected chi connectivity index (χ4v) is 2.30. The van der Waals surface area contributed by atoms with E-state index >= 15 is 0 Å². The first kappa shape index (κ1) is 12.7. The van der Waals surface area contributed by atoms with Crippen molar-refractivity contribution in [3.05, 3.63) is 28.8 Å². The Kier molecular flexibility index (Phi) is 3.92. The number of hydrogen-bond acceptors (Lipinski definition) is 3. The molecule has 0 bridgehead atoms. The van der Waals surface area contributed by atoms with Crippen LogP contribution in [-0.2, 0) is 4.74 Å². The van der Waals surface area contributed by atoms with E-state index in [0.29, 0.717) is 17.4 Å². The molecular formula is C13H18ClNO2. The average Bonchev–Trinajstić information content (AvgIpc) is 2.28. The van der Waals surface area contributed by atoms with E-state index in [1.165, 1.54) is 0 Å². The highest BCUT2D eigenvalue weighted by Crippen LogP contribution is 2.32. The normalized spacial score (nSPS) is 27.6. The first-order valence-corrected chi connectivity index (χ1v) is 6.29. The standard InChI is InChI=1S/C13H18ClNO2/c1-3-16-13-10(15)7-12(13)17-11-5-4-8(2)6-9(11)14/h4-6,10,12-13H,3,7,15H2,1-2H3. The third kappa shape index (κ3) is 2.73. The Bertz CT molecular complexity index is 397.